The lowest BCUT2D eigenvalue weighted by Gasteiger charge is -2.23. The first kappa shape index (κ1) is 17.5. The van der Waals surface area contributed by atoms with E-state index in [4.69, 9.17) is 4.99 Å². The molecule has 1 fully saturated rings. The van der Waals surface area contributed by atoms with Crippen molar-refractivity contribution in [2.45, 2.75) is 33.6 Å². The van der Waals surface area contributed by atoms with Crippen molar-refractivity contribution in [1.29, 1.82) is 0 Å². The zero-order valence-corrected chi connectivity index (χ0v) is 15.6. The summed E-state index contributed by atoms with van der Waals surface area (Å²) in [5.41, 5.74) is 2.68. The van der Waals surface area contributed by atoms with Gasteiger partial charge in [-0.15, -0.1) is 0 Å². The van der Waals surface area contributed by atoms with Gasteiger partial charge in [0.05, 0.1) is 11.9 Å². The average molecular weight is 339 g/mol. The predicted molar refractivity (Wildman–Crippen MR) is 103 cm³/mol. The third kappa shape index (κ3) is 4.62. The van der Waals surface area contributed by atoms with Gasteiger partial charge < -0.3 is 10.2 Å². The van der Waals surface area contributed by atoms with Gasteiger partial charge >= 0.3 is 0 Å². The summed E-state index contributed by atoms with van der Waals surface area (Å²) in [6, 6.07) is 10.2. The number of rotatable bonds is 5. The topological polar surface area (TPSA) is 45.5 Å². The number of nitrogens with zero attached hydrogens (tertiary/aromatic N) is 4. The van der Waals surface area contributed by atoms with E-state index in [2.05, 4.69) is 54.4 Å². The standard InChI is InChI=1S/C20H29N5/c1-4-21-19(24-13-11-20(2,3)16-24)22-12-10-17-14-23-25(15-17)18-8-6-5-7-9-18/h5-9,14-15H,4,10-13,16H2,1-3H3,(H,21,22). The molecule has 1 saturated heterocycles. The Hall–Kier alpha value is -2.30. The van der Waals surface area contributed by atoms with Crippen molar-refractivity contribution in [3.8, 4) is 5.69 Å². The summed E-state index contributed by atoms with van der Waals surface area (Å²) < 4.78 is 1.92. The maximum Gasteiger partial charge on any atom is 0.193 e. The van der Waals surface area contributed by atoms with E-state index in [9.17, 15) is 0 Å². The van der Waals surface area contributed by atoms with Crippen molar-refractivity contribution in [3.05, 3.63) is 48.3 Å². The summed E-state index contributed by atoms with van der Waals surface area (Å²) in [6.45, 7) is 10.6. The molecule has 0 unspecified atom stereocenters. The van der Waals surface area contributed by atoms with Gasteiger partial charge in [-0.3, -0.25) is 4.99 Å². The van der Waals surface area contributed by atoms with E-state index in [1.54, 1.807) is 0 Å². The summed E-state index contributed by atoms with van der Waals surface area (Å²) in [6.07, 6.45) is 6.16. The first-order valence-electron chi connectivity index (χ1n) is 9.20. The Labute approximate surface area is 150 Å². The molecule has 1 aromatic carbocycles. The maximum absolute atomic E-state index is 4.83. The highest BCUT2D eigenvalue weighted by atomic mass is 15.3. The Balaban J connectivity index is 1.60. The number of guanidine groups is 1. The Kier molecular flexibility index (Phi) is 5.41. The minimum absolute atomic E-state index is 0.382. The SMILES string of the molecule is CCNC(=NCCc1cnn(-c2ccccc2)c1)N1CCC(C)(C)C1. The molecule has 0 amide bonds. The predicted octanol–water partition coefficient (Wildman–Crippen LogP) is 3.11. The van der Waals surface area contributed by atoms with Crippen LogP contribution in [0.2, 0.25) is 0 Å². The number of nitrogens with one attached hydrogen (secondary N) is 1. The fraction of sp³-hybridized carbons (Fsp3) is 0.500. The van der Waals surface area contributed by atoms with Crippen molar-refractivity contribution in [2.75, 3.05) is 26.2 Å². The molecule has 0 radical (unpaired) electrons. The number of para-hydroxylation sites is 1. The van der Waals surface area contributed by atoms with Crippen LogP contribution in [0.1, 0.15) is 32.8 Å². The molecule has 1 aliphatic rings. The summed E-state index contributed by atoms with van der Waals surface area (Å²) in [7, 11) is 0. The van der Waals surface area contributed by atoms with Crippen molar-refractivity contribution >= 4 is 5.96 Å². The third-order valence-corrected chi connectivity index (χ3v) is 4.63. The van der Waals surface area contributed by atoms with E-state index in [1.165, 1.54) is 12.0 Å². The highest BCUT2D eigenvalue weighted by molar-refractivity contribution is 5.80. The van der Waals surface area contributed by atoms with Crippen LogP contribution in [0.4, 0.5) is 0 Å². The molecule has 0 saturated carbocycles. The van der Waals surface area contributed by atoms with Gasteiger partial charge in [0.2, 0.25) is 0 Å². The molecule has 5 heteroatoms. The van der Waals surface area contributed by atoms with Crippen molar-refractivity contribution in [3.63, 3.8) is 0 Å². The first-order valence-corrected chi connectivity index (χ1v) is 9.20. The van der Waals surface area contributed by atoms with Gasteiger partial charge in [-0.25, -0.2) is 4.68 Å². The summed E-state index contributed by atoms with van der Waals surface area (Å²) >= 11 is 0. The normalized spacial score (nSPS) is 17.1. The van der Waals surface area contributed by atoms with Crippen molar-refractivity contribution in [1.82, 2.24) is 20.0 Å². The molecular weight excluding hydrogens is 310 g/mol. The molecule has 1 aliphatic heterocycles. The molecule has 1 aromatic heterocycles. The van der Waals surface area contributed by atoms with Gasteiger partial charge in [0.15, 0.2) is 5.96 Å². The molecule has 5 nitrogen and oxygen atoms in total. The van der Waals surface area contributed by atoms with Gasteiger partial charge in [0.25, 0.3) is 0 Å². The number of hydrogen-bond donors (Lipinski definition) is 1. The number of aliphatic imine (C=N–C) groups is 1. The summed E-state index contributed by atoms with van der Waals surface area (Å²) in [5, 5.41) is 7.89. The second-order valence-corrected chi connectivity index (χ2v) is 7.45. The van der Waals surface area contributed by atoms with E-state index in [-0.39, 0.29) is 0 Å². The lowest BCUT2D eigenvalue weighted by Crippen LogP contribution is -2.40. The van der Waals surface area contributed by atoms with Crippen LogP contribution in [-0.2, 0) is 6.42 Å². The number of hydrogen-bond acceptors (Lipinski definition) is 2. The average Bonchev–Trinajstić information content (AvgIpc) is 3.21. The van der Waals surface area contributed by atoms with Crippen LogP contribution in [0.5, 0.6) is 0 Å². The van der Waals surface area contributed by atoms with Crippen molar-refractivity contribution < 1.29 is 0 Å². The fourth-order valence-electron chi connectivity index (χ4n) is 3.22. The van der Waals surface area contributed by atoms with Gasteiger partial charge in [-0.2, -0.15) is 5.10 Å². The zero-order chi connectivity index (χ0) is 17.7. The number of aromatic nitrogens is 2. The van der Waals surface area contributed by atoms with E-state index in [0.717, 1.165) is 44.2 Å². The third-order valence-electron chi connectivity index (χ3n) is 4.63. The highest BCUT2D eigenvalue weighted by Gasteiger charge is 2.30. The van der Waals surface area contributed by atoms with Crippen LogP contribution >= 0.6 is 0 Å². The first-order chi connectivity index (χ1) is 12.1. The molecule has 134 valence electrons. The van der Waals surface area contributed by atoms with Gasteiger partial charge in [0, 0.05) is 32.4 Å². The molecule has 3 rings (SSSR count). The minimum atomic E-state index is 0.382. The Bertz CT molecular complexity index is 702. The van der Waals surface area contributed by atoms with Crippen LogP contribution in [-0.4, -0.2) is 46.8 Å². The van der Waals surface area contributed by atoms with E-state index in [1.807, 2.05) is 29.1 Å². The minimum Gasteiger partial charge on any atom is -0.357 e. The Morgan fingerprint density at radius 1 is 1.28 bits per heavy atom. The lowest BCUT2D eigenvalue weighted by atomic mass is 9.93. The summed E-state index contributed by atoms with van der Waals surface area (Å²) in [5.74, 6) is 1.04. The molecule has 2 aromatic rings. The second-order valence-electron chi connectivity index (χ2n) is 7.45. The van der Waals surface area contributed by atoms with Crippen LogP contribution in [0.25, 0.3) is 5.69 Å². The van der Waals surface area contributed by atoms with Gasteiger partial charge in [-0.05, 0) is 42.9 Å². The molecular formula is C20H29N5. The van der Waals surface area contributed by atoms with Crippen LogP contribution in [0.3, 0.4) is 0 Å². The molecule has 2 heterocycles. The monoisotopic (exact) mass is 339 g/mol. The zero-order valence-electron chi connectivity index (χ0n) is 15.6. The summed E-state index contributed by atoms with van der Waals surface area (Å²) in [4.78, 5) is 7.22. The Morgan fingerprint density at radius 2 is 2.08 bits per heavy atom. The quantitative estimate of drug-likeness (QED) is 0.672. The maximum atomic E-state index is 4.83. The van der Waals surface area contributed by atoms with Crippen LogP contribution in [0, 0.1) is 5.41 Å². The van der Waals surface area contributed by atoms with E-state index >= 15 is 0 Å². The number of likely N-dealkylation sites (tertiary alicyclic amines) is 1. The highest BCUT2D eigenvalue weighted by Crippen LogP contribution is 2.28. The smallest absolute Gasteiger partial charge is 0.193 e. The van der Waals surface area contributed by atoms with Crippen LogP contribution in [0.15, 0.2) is 47.7 Å². The van der Waals surface area contributed by atoms with Crippen LogP contribution < -0.4 is 5.32 Å². The molecule has 25 heavy (non-hydrogen) atoms. The fourth-order valence-corrected chi connectivity index (χ4v) is 3.22. The van der Waals surface area contributed by atoms with E-state index in [0.29, 0.717) is 5.41 Å². The lowest BCUT2D eigenvalue weighted by molar-refractivity contribution is 0.370. The van der Waals surface area contributed by atoms with Gasteiger partial charge in [0.1, 0.15) is 0 Å². The van der Waals surface area contributed by atoms with E-state index < -0.39 is 0 Å². The molecule has 0 aliphatic carbocycles. The largest absolute Gasteiger partial charge is 0.357 e. The van der Waals surface area contributed by atoms with Crippen molar-refractivity contribution in [2.24, 2.45) is 10.4 Å². The second kappa shape index (κ2) is 7.72. The molecule has 0 bridgehead atoms. The molecule has 1 N–H and O–H groups in total. The Morgan fingerprint density at radius 3 is 2.76 bits per heavy atom. The molecule has 0 spiro atoms. The number of benzene rings is 1. The van der Waals surface area contributed by atoms with Gasteiger partial charge in [-0.1, -0.05) is 32.0 Å². The molecule has 0 atom stereocenters.